The minimum atomic E-state index is -3.12. The molecule has 0 fully saturated rings. The van der Waals surface area contributed by atoms with Crippen LogP contribution in [-0.2, 0) is 21.3 Å². The Balaban J connectivity index is 0.000000472. The van der Waals surface area contributed by atoms with Gasteiger partial charge in [0.2, 0.25) is 0 Å². The zero-order valence-electron chi connectivity index (χ0n) is 14.6. The Kier molecular flexibility index (Phi) is 4.40. The van der Waals surface area contributed by atoms with Crippen LogP contribution in [0.5, 0.6) is 23.0 Å². The molecule has 29 heavy (non-hydrogen) atoms. The van der Waals surface area contributed by atoms with Gasteiger partial charge in [0.25, 0.3) is 11.0 Å². The maximum absolute atomic E-state index is 12.5. The summed E-state index contributed by atoms with van der Waals surface area (Å²) in [5.41, 5.74) is 1.28. The van der Waals surface area contributed by atoms with Gasteiger partial charge in [-0.15, -0.1) is 0 Å². The van der Waals surface area contributed by atoms with E-state index in [1.165, 1.54) is 24.3 Å². The number of benzene rings is 3. The summed E-state index contributed by atoms with van der Waals surface area (Å²) < 4.78 is 36.0. The van der Waals surface area contributed by atoms with Crippen molar-refractivity contribution in [3.05, 3.63) is 82.9 Å². The molecule has 0 unspecified atom stereocenters. The highest BCUT2D eigenvalue weighted by Gasteiger charge is 2.53. The third-order valence-corrected chi connectivity index (χ3v) is 4.68. The lowest BCUT2D eigenvalue weighted by Crippen LogP contribution is -2.32. The average molecular weight is 414 g/mol. The molecule has 9 heteroatoms. The van der Waals surface area contributed by atoms with E-state index >= 15 is 0 Å². The topological polar surface area (TPSA) is 130 Å². The minimum absolute atomic E-state index is 0.0371. The number of aromatic hydroxyl groups is 2. The SMILES string of the molecule is O=C1OC2(c3ccc(O)cc3Oc3cc(O)ccc32)c2ccccc21.O=[SH](=O)O. The Morgan fingerprint density at radius 2 is 1.31 bits per heavy atom. The third kappa shape index (κ3) is 2.96. The lowest BCUT2D eigenvalue weighted by Gasteiger charge is -2.36. The molecule has 0 amide bonds. The number of rotatable bonds is 0. The van der Waals surface area contributed by atoms with Gasteiger partial charge in [-0.1, -0.05) is 18.2 Å². The van der Waals surface area contributed by atoms with E-state index in [9.17, 15) is 15.0 Å². The molecule has 0 bridgehead atoms. The van der Waals surface area contributed by atoms with E-state index in [-0.39, 0.29) is 11.5 Å². The maximum atomic E-state index is 12.5. The Hall–Kier alpha value is -3.56. The monoisotopic (exact) mass is 414 g/mol. The Labute approximate surface area is 166 Å². The molecule has 0 aliphatic carbocycles. The van der Waals surface area contributed by atoms with Gasteiger partial charge in [0.1, 0.15) is 23.0 Å². The number of ether oxygens (including phenoxy) is 2. The maximum Gasteiger partial charge on any atom is 0.340 e. The summed E-state index contributed by atoms with van der Waals surface area (Å²) in [5, 5.41) is 19.7. The van der Waals surface area contributed by atoms with Crippen molar-refractivity contribution in [1.29, 1.82) is 0 Å². The highest BCUT2D eigenvalue weighted by atomic mass is 32.2. The highest BCUT2D eigenvalue weighted by Crippen LogP contribution is 2.56. The molecule has 2 aliphatic rings. The predicted molar refractivity (Wildman–Crippen MR) is 101 cm³/mol. The van der Waals surface area contributed by atoms with Gasteiger partial charge in [0, 0.05) is 28.8 Å². The Morgan fingerprint density at radius 3 is 1.86 bits per heavy atom. The number of phenolic OH excluding ortho intramolecular Hbond substituents is 2. The summed E-state index contributed by atoms with van der Waals surface area (Å²) in [7, 11) is -3.12. The molecule has 8 nitrogen and oxygen atoms in total. The molecule has 3 N–H and O–H groups in total. The molecule has 0 aromatic heterocycles. The number of hydrogen-bond donors (Lipinski definition) is 4. The molecule has 0 saturated carbocycles. The molecule has 1 spiro atoms. The van der Waals surface area contributed by atoms with Crippen LogP contribution in [0.25, 0.3) is 0 Å². The first kappa shape index (κ1) is 18.8. The molecule has 2 heterocycles. The molecular formula is C20H14O8S. The van der Waals surface area contributed by atoms with Crippen molar-refractivity contribution in [3.8, 4) is 23.0 Å². The predicted octanol–water partition coefficient (Wildman–Crippen LogP) is 2.74. The number of phenols is 2. The Morgan fingerprint density at radius 1 is 0.793 bits per heavy atom. The van der Waals surface area contributed by atoms with Gasteiger partial charge >= 0.3 is 5.97 Å². The van der Waals surface area contributed by atoms with Crippen LogP contribution in [0.3, 0.4) is 0 Å². The molecule has 5 rings (SSSR count). The molecule has 0 saturated heterocycles. The van der Waals surface area contributed by atoms with E-state index in [1.54, 1.807) is 24.3 Å². The van der Waals surface area contributed by atoms with Gasteiger partial charge in [0.15, 0.2) is 5.60 Å². The number of esters is 1. The third-order valence-electron chi connectivity index (χ3n) is 4.68. The highest BCUT2D eigenvalue weighted by molar-refractivity contribution is 7.66. The van der Waals surface area contributed by atoms with Gasteiger partial charge in [-0.05, 0) is 30.3 Å². The zero-order chi connectivity index (χ0) is 20.8. The fourth-order valence-electron chi connectivity index (χ4n) is 3.65. The van der Waals surface area contributed by atoms with Crippen LogP contribution in [0, 0.1) is 0 Å². The van der Waals surface area contributed by atoms with E-state index in [4.69, 9.17) is 22.4 Å². The molecule has 3 aromatic rings. The summed E-state index contributed by atoms with van der Waals surface area (Å²) >= 11 is 0. The van der Waals surface area contributed by atoms with Gasteiger partial charge in [-0.2, -0.15) is 0 Å². The normalized spacial score (nSPS) is 14.8. The molecule has 2 aliphatic heterocycles. The van der Waals surface area contributed by atoms with Crippen LogP contribution in [0.2, 0.25) is 0 Å². The van der Waals surface area contributed by atoms with Crippen LogP contribution >= 0.6 is 0 Å². The van der Waals surface area contributed by atoms with E-state index in [2.05, 4.69) is 0 Å². The lowest BCUT2D eigenvalue weighted by molar-refractivity contribution is 0.0224. The number of carbonyl (C=O) groups is 1. The minimum Gasteiger partial charge on any atom is -0.508 e. The first-order valence-corrected chi connectivity index (χ1v) is 9.47. The largest absolute Gasteiger partial charge is 0.508 e. The van der Waals surface area contributed by atoms with Crippen LogP contribution in [-0.4, -0.2) is 29.2 Å². The molecule has 0 atom stereocenters. The van der Waals surface area contributed by atoms with Crippen LogP contribution in [0.4, 0.5) is 0 Å². The number of carbonyl (C=O) groups excluding carboxylic acids is 1. The number of hydrogen-bond acceptors (Lipinski definition) is 7. The van der Waals surface area contributed by atoms with Crippen molar-refractivity contribution in [2.75, 3.05) is 0 Å². The van der Waals surface area contributed by atoms with Gasteiger partial charge in [-0.25, -0.2) is 13.2 Å². The van der Waals surface area contributed by atoms with Crippen LogP contribution in [0.15, 0.2) is 60.7 Å². The van der Waals surface area contributed by atoms with E-state index in [0.717, 1.165) is 0 Å². The number of thiol groups is 1. The summed E-state index contributed by atoms with van der Waals surface area (Å²) in [6.07, 6.45) is 0. The first-order chi connectivity index (χ1) is 13.8. The van der Waals surface area contributed by atoms with Gasteiger partial charge < -0.3 is 19.7 Å². The summed E-state index contributed by atoms with van der Waals surface area (Å²) in [5.74, 6) is 0.408. The van der Waals surface area contributed by atoms with Gasteiger partial charge in [-0.3, -0.25) is 4.55 Å². The van der Waals surface area contributed by atoms with Crippen molar-refractivity contribution in [3.63, 3.8) is 0 Å². The molecule has 148 valence electrons. The molecule has 0 radical (unpaired) electrons. The molecule has 3 aromatic carbocycles. The fraction of sp³-hybridized carbons (Fsp3) is 0.0500. The van der Waals surface area contributed by atoms with E-state index in [1.807, 2.05) is 12.1 Å². The summed E-state index contributed by atoms with van der Waals surface area (Å²) in [6, 6.07) is 16.6. The van der Waals surface area contributed by atoms with Crippen molar-refractivity contribution >= 4 is 17.0 Å². The van der Waals surface area contributed by atoms with Gasteiger partial charge in [0.05, 0.1) is 5.56 Å². The molecular weight excluding hydrogens is 400 g/mol. The first-order valence-electron chi connectivity index (χ1n) is 8.34. The quantitative estimate of drug-likeness (QED) is 0.251. The second kappa shape index (κ2) is 6.80. The fourth-order valence-corrected chi connectivity index (χ4v) is 3.65. The second-order valence-corrected chi connectivity index (χ2v) is 6.79. The summed E-state index contributed by atoms with van der Waals surface area (Å²) in [4.78, 5) is 12.5. The van der Waals surface area contributed by atoms with Crippen LogP contribution < -0.4 is 4.74 Å². The van der Waals surface area contributed by atoms with Crippen LogP contribution in [0.1, 0.15) is 27.0 Å². The summed E-state index contributed by atoms with van der Waals surface area (Å²) in [6.45, 7) is 0. The van der Waals surface area contributed by atoms with Crippen molar-refractivity contribution in [2.45, 2.75) is 5.60 Å². The standard InChI is InChI=1S/C20H12O5.H2O3S/c21-11-5-7-15-17(9-11)24-18-10-12(22)6-8-16(18)20(15)14-4-2-1-3-13(14)19(23)25-20;1-4(2)3/h1-10,21-22H;4H,(H,1,2,3). The van der Waals surface area contributed by atoms with Crippen molar-refractivity contribution in [2.24, 2.45) is 0 Å². The van der Waals surface area contributed by atoms with E-state index in [0.29, 0.717) is 33.8 Å². The van der Waals surface area contributed by atoms with Crippen molar-refractivity contribution < 1.29 is 37.5 Å². The zero-order valence-corrected chi connectivity index (χ0v) is 15.5. The van der Waals surface area contributed by atoms with Crippen molar-refractivity contribution in [1.82, 2.24) is 0 Å². The smallest absolute Gasteiger partial charge is 0.340 e. The van der Waals surface area contributed by atoms with E-state index < -0.39 is 22.6 Å². The lowest BCUT2D eigenvalue weighted by atomic mass is 9.77. The second-order valence-electron chi connectivity index (χ2n) is 6.32. The number of fused-ring (bicyclic) bond motifs is 6. The Bertz CT molecular complexity index is 1160. The average Bonchev–Trinajstić information content (AvgIpc) is 2.95.